The van der Waals surface area contributed by atoms with Gasteiger partial charge in [0.15, 0.2) is 0 Å². The fourth-order valence-electron chi connectivity index (χ4n) is 3.54. The minimum absolute atomic E-state index is 0. The van der Waals surface area contributed by atoms with Gasteiger partial charge in [-0.25, -0.2) is 14.8 Å². The van der Waals surface area contributed by atoms with Crippen LogP contribution in [0.15, 0.2) is 72.8 Å². The van der Waals surface area contributed by atoms with Crippen molar-refractivity contribution in [1.82, 2.24) is 19.9 Å². The third-order valence-electron chi connectivity index (χ3n) is 5.13. The molecular weight excluding hydrogens is 504 g/mol. The molecule has 0 saturated heterocycles. The van der Waals surface area contributed by atoms with Crippen LogP contribution in [0.2, 0.25) is 5.02 Å². The van der Waals surface area contributed by atoms with E-state index in [4.69, 9.17) is 16.7 Å². The first-order chi connectivity index (χ1) is 16.5. The molecule has 8 bridgehead atoms. The molecule has 6 nitrogen and oxygen atoms in total. The second-order valence-electron chi connectivity index (χ2n) is 7.72. The molecule has 0 spiro atoms. The van der Waals surface area contributed by atoms with Gasteiger partial charge in [0.2, 0.25) is 0 Å². The number of H-pyrrole nitrogens is 2. The van der Waals surface area contributed by atoms with E-state index >= 15 is 0 Å². The first kappa shape index (κ1) is 24.2. The number of carboxylic acids is 1. The third-order valence-corrected chi connectivity index (χ3v) is 5.39. The average molecular weight is 523 g/mol. The van der Waals surface area contributed by atoms with Gasteiger partial charge in [0.1, 0.15) is 0 Å². The van der Waals surface area contributed by atoms with Crippen LogP contribution in [0.5, 0.6) is 0 Å². The molecule has 3 N–H and O–H groups in total. The second-order valence-corrected chi connectivity index (χ2v) is 8.15. The van der Waals surface area contributed by atoms with E-state index in [-0.39, 0.29) is 22.6 Å². The quantitative estimate of drug-likeness (QED) is 0.210. The molecule has 0 unspecified atom stereocenters. The van der Waals surface area contributed by atoms with Gasteiger partial charge in [0, 0.05) is 44.2 Å². The standard InChI is InChI=1S/C20H14N4.C7H5ClO2.Fe/c1-2-14-10-16-5-6-18(23-16)12-20-8-7-19(24-20)11-17-4-3-15(22-17)9-13(1)21-14;8-6-3-1-5(2-4-6)7(9)10;/h1-12,21-22H;1-4H,(H,9,10);. The molecule has 4 aromatic rings. The fraction of sp³-hybridized carbons (Fsp3) is 0. The summed E-state index contributed by atoms with van der Waals surface area (Å²) in [5.41, 5.74) is 8.11. The molecule has 2 aliphatic rings. The smallest absolute Gasteiger partial charge is 0.335 e. The number of nitrogens with one attached hydrogen (secondary N) is 2. The monoisotopic (exact) mass is 522 g/mol. The number of benzene rings is 1. The minimum atomic E-state index is -0.934. The van der Waals surface area contributed by atoms with Crippen molar-refractivity contribution in [3.05, 3.63) is 106 Å². The van der Waals surface area contributed by atoms with Crippen LogP contribution in [0, 0.1) is 0 Å². The van der Waals surface area contributed by atoms with Crippen LogP contribution in [-0.2, 0) is 17.1 Å². The minimum Gasteiger partial charge on any atom is -0.478 e. The number of carboxylic acid groups (broad SMARTS) is 1. The summed E-state index contributed by atoms with van der Waals surface area (Å²) in [5.74, 6) is -0.934. The van der Waals surface area contributed by atoms with Gasteiger partial charge in [-0.05, 0) is 97.1 Å². The first-order valence-electron chi connectivity index (χ1n) is 10.5. The summed E-state index contributed by atoms with van der Waals surface area (Å²) in [6.45, 7) is 0. The summed E-state index contributed by atoms with van der Waals surface area (Å²) in [5, 5.41) is 8.98. The van der Waals surface area contributed by atoms with Gasteiger partial charge < -0.3 is 15.1 Å². The zero-order valence-electron chi connectivity index (χ0n) is 18.2. The molecule has 174 valence electrons. The number of nitrogens with zero attached hydrogens (tertiary/aromatic N) is 2. The van der Waals surface area contributed by atoms with Crippen molar-refractivity contribution in [2.24, 2.45) is 0 Å². The van der Waals surface area contributed by atoms with Crippen LogP contribution in [0.1, 0.15) is 33.1 Å². The summed E-state index contributed by atoms with van der Waals surface area (Å²) in [6, 6.07) is 22.4. The predicted molar refractivity (Wildman–Crippen MR) is 137 cm³/mol. The van der Waals surface area contributed by atoms with Gasteiger partial charge in [0.25, 0.3) is 0 Å². The molecule has 5 heterocycles. The molecule has 2 aliphatic heterocycles. The molecule has 0 fully saturated rings. The van der Waals surface area contributed by atoms with E-state index < -0.39 is 5.97 Å². The Hall–Kier alpha value is -3.90. The number of carbonyl (C=O) groups is 1. The van der Waals surface area contributed by atoms with Crippen molar-refractivity contribution in [3.8, 4) is 0 Å². The van der Waals surface area contributed by atoms with E-state index in [0.717, 1.165) is 44.8 Å². The molecule has 0 saturated carbocycles. The van der Waals surface area contributed by atoms with Gasteiger partial charge >= 0.3 is 5.97 Å². The van der Waals surface area contributed by atoms with Crippen molar-refractivity contribution in [2.45, 2.75) is 0 Å². The molecule has 0 atom stereocenters. The van der Waals surface area contributed by atoms with Gasteiger partial charge in [-0.15, -0.1) is 0 Å². The summed E-state index contributed by atoms with van der Waals surface area (Å²) in [4.78, 5) is 26.3. The van der Waals surface area contributed by atoms with E-state index in [0.29, 0.717) is 5.02 Å². The molecule has 8 heteroatoms. The van der Waals surface area contributed by atoms with Crippen molar-refractivity contribution >= 4 is 63.9 Å². The van der Waals surface area contributed by atoms with E-state index in [1.54, 1.807) is 12.1 Å². The molecule has 1 aromatic carbocycles. The Morgan fingerprint density at radius 2 is 1.03 bits per heavy atom. The van der Waals surface area contributed by atoms with Gasteiger partial charge in [-0.1, -0.05) is 11.6 Å². The number of aromatic nitrogens is 4. The summed E-state index contributed by atoms with van der Waals surface area (Å²) >= 11 is 5.52. The number of rotatable bonds is 1. The molecule has 6 rings (SSSR count). The van der Waals surface area contributed by atoms with Crippen molar-refractivity contribution < 1.29 is 27.0 Å². The Labute approximate surface area is 216 Å². The molecule has 0 amide bonds. The molecule has 0 radical (unpaired) electrons. The van der Waals surface area contributed by atoms with E-state index in [1.165, 1.54) is 12.1 Å². The number of fused-ring (bicyclic) bond motifs is 8. The molecule has 35 heavy (non-hydrogen) atoms. The fourth-order valence-corrected chi connectivity index (χ4v) is 3.66. The van der Waals surface area contributed by atoms with Crippen LogP contribution < -0.4 is 0 Å². The van der Waals surface area contributed by atoms with E-state index in [1.807, 2.05) is 42.5 Å². The van der Waals surface area contributed by atoms with Crippen LogP contribution in [0.3, 0.4) is 0 Å². The topological polar surface area (TPSA) is 94.7 Å². The maximum Gasteiger partial charge on any atom is 0.335 e. The second kappa shape index (κ2) is 10.6. The van der Waals surface area contributed by atoms with E-state index in [9.17, 15) is 4.79 Å². The summed E-state index contributed by atoms with van der Waals surface area (Å²) in [7, 11) is 0. The van der Waals surface area contributed by atoms with Crippen LogP contribution >= 0.6 is 11.6 Å². The van der Waals surface area contributed by atoms with Crippen molar-refractivity contribution in [3.63, 3.8) is 0 Å². The van der Waals surface area contributed by atoms with Gasteiger partial charge in [0.05, 0.1) is 28.3 Å². The van der Waals surface area contributed by atoms with E-state index in [2.05, 4.69) is 50.3 Å². The third kappa shape index (κ3) is 6.16. The largest absolute Gasteiger partial charge is 0.478 e. The number of hydrogen-bond acceptors (Lipinski definition) is 3. The van der Waals surface area contributed by atoms with Crippen molar-refractivity contribution in [1.29, 1.82) is 0 Å². The Morgan fingerprint density at radius 1 is 0.629 bits per heavy atom. The SMILES string of the molecule is C1=Cc2cc3ccc(cc4ccc(cc5nc(cc1n2)C=C5)[nH]4)[nH]3.O=C(O)c1ccc(Cl)cc1.[Fe]. The number of aromatic amines is 2. The van der Waals surface area contributed by atoms with Crippen LogP contribution in [0.25, 0.3) is 46.4 Å². The summed E-state index contributed by atoms with van der Waals surface area (Å²) in [6.07, 6.45) is 8.05. The van der Waals surface area contributed by atoms with Gasteiger partial charge in [-0.3, -0.25) is 0 Å². The number of hydrogen-bond donors (Lipinski definition) is 3. The Kier molecular flexibility index (Phi) is 7.32. The Balaban J connectivity index is 0.000000224. The predicted octanol–water partition coefficient (Wildman–Crippen LogP) is 6.69. The number of aromatic carboxylic acids is 1. The molecule has 0 aliphatic carbocycles. The maximum atomic E-state index is 10.3. The normalized spacial score (nSPS) is 11.3. The Bertz CT molecular complexity index is 1510. The molecule has 3 aromatic heterocycles. The summed E-state index contributed by atoms with van der Waals surface area (Å²) < 4.78 is 0. The van der Waals surface area contributed by atoms with Crippen LogP contribution in [0.4, 0.5) is 0 Å². The van der Waals surface area contributed by atoms with Gasteiger partial charge in [-0.2, -0.15) is 0 Å². The first-order valence-corrected chi connectivity index (χ1v) is 10.9. The van der Waals surface area contributed by atoms with Crippen molar-refractivity contribution in [2.75, 3.05) is 0 Å². The molecular formula is C27H19ClFeN4O2. The zero-order valence-corrected chi connectivity index (χ0v) is 20.1. The Morgan fingerprint density at radius 3 is 1.46 bits per heavy atom. The average Bonchev–Trinajstić information content (AvgIpc) is 3.60. The van der Waals surface area contributed by atoms with Crippen LogP contribution in [-0.4, -0.2) is 31.0 Å². The maximum absolute atomic E-state index is 10.3. The zero-order chi connectivity index (χ0) is 23.5. The number of halogens is 1.